The monoisotopic (exact) mass is 343 g/mol. The Morgan fingerprint density at radius 2 is 1.73 bits per heavy atom. The lowest BCUT2D eigenvalue weighted by Gasteiger charge is -2.40. The van der Waals surface area contributed by atoms with Crippen molar-refractivity contribution in [2.24, 2.45) is 0 Å². The van der Waals surface area contributed by atoms with E-state index in [9.17, 15) is 10.2 Å². The SMILES string of the molecule is CN1CCc2cc(-c3ccc(O)cc3)cc3c2C1Cc1cccc(O)c1-3. The molecule has 0 aromatic heterocycles. The Morgan fingerprint density at radius 3 is 2.54 bits per heavy atom. The minimum atomic E-state index is 0.276. The number of hydrogen-bond donors (Lipinski definition) is 2. The van der Waals surface area contributed by atoms with E-state index >= 15 is 0 Å². The van der Waals surface area contributed by atoms with Crippen molar-refractivity contribution in [3.63, 3.8) is 0 Å². The Morgan fingerprint density at radius 1 is 0.923 bits per heavy atom. The second kappa shape index (κ2) is 5.61. The molecule has 3 heteroatoms. The molecular formula is C23H21NO2. The molecule has 5 rings (SSSR count). The first-order chi connectivity index (χ1) is 12.6. The molecule has 0 saturated heterocycles. The van der Waals surface area contributed by atoms with Gasteiger partial charge in [-0.25, -0.2) is 0 Å². The van der Waals surface area contributed by atoms with Gasteiger partial charge in [-0.1, -0.05) is 30.3 Å². The molecule has 0 amide bonds. The highest BCUT2D eigenvalue weighted by Crippen LogP contribution is 2.49. The number of nitrogens with zero attached hydrogens (tertiary/aromatic N) is 1. The van der Waals surface area contributed by atoms with Gasteiger partial charge in [0.15, 0.2) is 0 Å². The van der Waals surface area contributed by atoms with E-state index in [1.54, 1.807) is 18.2 Å². The Balaban J connectivity index is 1.79. The lowest BCUT2D eigenvalue weighted by Crippen LogP contribution is -2.35. The van der Waals surface area contributed by atoms with Crippen molar-refractivity contribution in [2.75, 3.05) is 13.6 Å². The van der Waals surface area contributed by atoms with Crippen LogP contribution < -0.4 is 0 Å². The van der Waals surface area contributed by atoms with Crippen LogP contribution in [0.3, 0.4) is 0 Å². The maximum absolute atomic E-state index is 10.6. The molecular weight excluding hydrogens is 322 g/mol. The number of rotatable bonds is 1. The zero-order valence-corrected chi connectivity index (χ0v) is 14.7. The average molecular weight is 343 g/mol. The molecule has 2 aliphatic rings. The predicted molar refractivity (Wildman–Crippen MR) is 103 cm³/mol. The van der Waals surface area contributed by atoms with Gasteiger partial charge in [0.1, 0.15) is 11.5 Å². The summed E-state index contributed by atoms with van der Waals surface area (Å²) in [6, 6.07) is 18.1. The highest BCUT2D eigenvalue weighted by Gasteiger charge is 2.34. The summed E-state index contributed by atoms with van der Waals surface area (Å²) in [4.78, 5) is 2.43. The van der Waals surface area contributed by atoms with E-state index in [2.05, 4.69) is 30.1 Å². The molecule has 2 N–H and O–H groups in total. The Labute approximate surface area is 153 Å². The van der Waals surface area contributed by atoms with Crippen LogP contribution >= 0.6 is 0 Å². The molecule has 0 spiro atoms. The van der Waals surface area contributed by atoms with Crippen molar-refractivity contribution in [2.45, 2.75) is 18.9 Å². The fraction of sp³-hybridized carbons (Fsp3) is 0.217. The highest BCUT2D eigenvalue weighted by atomic mass is 16.3. The van der Waals surface area contributed by atoms with E-state index in [-0.39, 0.29) is 5.75 Å². The molecule has 3 aromatic rings. The van der Waals surface area contributed by atoms with Crippen molar-refractivity contribution in [1.29, 1.82) is 0 Å². The van der Waals surface area contributed by atoms with Crippen molar-refractivity contribution in [3.05, 3.63) is 71.3 Å². The third-order valence-electron chi connectivity index (χ3n) is 5.88. The molecule has 130 valence electrons. The molecule has 3 nitrogen and oxygen atoms in total. The second-order valence-electron chi connectivity index (χ2n) is 7.41. The summed E-state index contributed by atoms with van der Waals surface area (Å²) in [5.74, 6) is 0.636. The van der Waals surface area contributed by atoms with E-state index in [1.165, 1.54) is 16.7 Å². The van der Waals surface area contributed by atoms with Gasteiger partial charge in [0.05, 0.1) is 0 Å². The van der Waals surface area contributed by atoms with E-state index < -0.39 is 0 Å². The summed E-state index contributed by atoms with van der Waals surface area (Å²) in [5.41, 5.74) is 8.32. The van der Waals surface area contributed by atoms with Crippen molar-refractivity contribution < 1.29 is 10.2 Å². The first kappa shape index (κ1) is 15.5. The lowest BCUT2D eigenvalue weighted by atomic mass is 9.75. The number of fused-ring (bicyclic) bond motifs is 2. The molecule has 0 radical (unpaired) electrons. The van der Waals surface area contributed by atoms with Crippen LogP contribution in [0.2, 0.25) is 0 Å². The highest BCUT2D eigenvalue weighted by molar-refractivity contribution is 5.84. The Bertz CT molecular complexity index is 1010. The minimum absolute atomic E-state index is 0.276. The van der Waals surface area contributed by atoms with Crippen LogP contribution in [0.25, 0.3) is 22.3 Å². The van der Waals surface area contributed by atoms with Gasteiger partial charge >= 0.3 is 0 Å². The summed E-state index contributed by atoms with van der Waals surface area (Å²) < 4.78 is 0. The van der Waals surface area contributed by atoms with E-state index in [1.807, 2.05) is 18.2 Å². The fourth-order valence-corrected chi connectivity index (χ4v) is 4.55. The molecule has 26 heavy (non-hydrogen) atoms. The second-order valence-corrected chi connectivity index (χ2v) is 7.41. The molecule has 1 aliphatic heterocycles. The Kier molecular flexibility index (Phi) is 3.34. The van der Waals surface area contributed by atoms with Crippen LogP contribution in [-0.2, 0) is 12.8 Å². The largest absolute Gasteiger partial charge is 0.508 e. The molecule has 0 fully saturated rings. The van der Waals surface area contributed by atoms with Gasteiger partial charge in [-0.05, 0) is 77.5 Å². The molecule has 1 aliphatic carbocycles. The lowest BCUT2D eigenvalue weighted by molar-refractivity contribution is 0.228. The maximum Gasteiger partial charge on any atom is 0.123 e. The van der Waals surface area contributed by atoms with E-state index in [0.29, 0.717) is 11.8 Å². The number of hydrogen-bond acceptors (Lipinski definition) is 3. The molecule has 1 atom stereocenters. The van der Waals surface area contributed by atoms with E-state index in [0.717, 1.165) is 41.6 Å². The van der Waals surface area contributed by atoms with E-state index in [4.69, 9.17) is 0 Å². The molecule has 3 aromatic carbocycles. The molecule has 1 heterocycles. The third kappa shape index (κ3) is 2.24. The van der Waals surface area contributed by atoms with Crippen LogP contribution in [0, 0.1) is 0 Å². The zero-order valence-electron chi connectivity index (χ0n) is 14.7. The Hall–Kier alpha value is -2.78. The number of benzene rings is 3. The van der Waals surface area contributed by atoms with Crippen molar-refractivity contribution in [1.82, 2.24) is 4.90 Å². The number of likely N-dealkylation sites (N-methyl/N-ethyl adjacent to an activating group) is 1. The zero-order chi connectivity index (χ0) is 17.8. The van der Waals surface area contributed by atoms with Gasteiger partial charge in [-0.15, -0.1) is 0 Å². The number of phenols is 2. The van der Waals surface area contributed by atoms with Gasteiger partial charge in [0.2, 0.25) is 0 Å². The normalized spacial score (nSPS) is 18.3. The van der Waals surface area contributed by atoms with Crippen LogP contribution in [0.4, 0.5) is 0 Å². The van der Waals surface area contributed by atoms with Crippen LogP contribution in [0.5, 0.6) is 11.5 Å². The minimum Gasteiger partial charge on any atom is -0.508 e. The fourth-order valence-electron chi connectivity index (χ4n) is 4.55. The van der Waals surface area contributed by atoms with Crippen LogP contribution in [-0.4, -0.2) is 28.7 Å². The van der Waals surface area contributed by atoms with Gasteiger partial charge < -0.3 is 10.2 Å². The maximum atomic E-state index is 10.6. The average Bonchev–Trinajstić information content (AvgIpc) is 2.65. The molecule has 1 unspecified atom stereocenters. The summed E-state index contributed by atoms with van der Waals surface area (Å²) in [7, 11) is 2.19. The smallest absolute Gasteiger partial charge is 0.123 e. The number of aromatic hydroxyl groups is 2. The summed E-state index contributed by atoms with van der Waals surface area (Å²) >= 11 is 0. The molecule has 0 saturated carbocycles. The van der Waals surface area contributed by atoms with Crippen molar-refractivity contribution in [3.8, 4) is 33.8 Å². The topological polar surface area (TPSA) is 43.7 Å². The summed E-state index contributed by atoms with van der Waals surface area (Å²) in [6.45, 7) is 1.05. The predicted octanol–water partition coefficient (Wildman–Crippen LogP) is 4.52. The van der Waals surface area contributed by atoms with Gasteiger partial charge in [0.25, 0.3) is 0 Å². The quantitative estimate of drug-likeness (QED) is 0.683. The third-order valence-corrected chi connectivity index (χ3v) is 5.88. The van der Waals surface area contributed by atoms with Gasteiger partial charge in [-0.2, -0.15) is 0 Å². The van der Waals surface area contributed by atoms with Crippen LogP contribution in [0.15, 0.2) is 54.6 Å². The summed E-state index contributed by atoms with van der Waals surface area (Å²) in [5, 5.41) is 20.2. The van der Waals surface area contributed by atoms with Crippen LogP contribution in [0.1, 0.15) is 22.7 Å². The summed E-state index contributed by atoms with van der Waals surface area (Å²) in [6.07, 6.45) is 1.96. The molecule has 0 bridgehead atoms. The standard InChI is InChI=1S/C23H21NO2/c1-24-10-9-16-11-17(14-5-7-18(25)8-6-14)12-19-22(16)20(24)13-15-3-2-4-21(26)23(15)19/h2-8,11-12,20,25-26H,9-10,13H2,1H3. The first-order valence-electron chi connectivity index (χ1n) is 9.09. The number of phenolic OH excluding ortho intramolecular Hbond substituents is 2. The van der Waals surface area contributed by atoms with Gasteiger partial charge in [-0.3, -0.25) is 4.90 Å². The van der Waals surface area contributed by atoms with Crippen molar-refractivity contribution >= 4 is 0 Å². The van der Waals surface area contributed by atoms with Gasteiger partial charge in [0, 0.05) is 18.2 Å². The first-order valence-corrected chi connectivity index (χ1v) is 9.09.